The first-order chi connectivity index (χ1) is 8.11. The lowest BCUT2D eigenvalue weighted by molar-refractivity contribution is 0.956. The van der Waals surface area contributed by atoms with Gasteiger partial charge in [0.1, 0.15) is 11.0 Å². The Bertz CT molecular complexity index is 549. The van der Waals surface area contributed by atoms with Gasteiger partial charge in [-0.05, 0) is 13.2 Å². The number of nitrogens with zero attached hydrogens (tertiary/aromatic N) is 4. The monoisotopic (exact) mass is 266 g/mol. The summed E-state index contributed by atoms with van der Waals surface area (Å²) in [5.41, 5.74) is 1.88. The number of hydrogen-bond acceptors (Lipinski definition) is 6. The molecular weight excluding hydrogens is 252 g/mol. The summed E-state index contributed by atoms with van der Waals surface area (Å²) < 4.78 is 2.06. The molecule has 0 atom stereocenters. The molecule has 0 aliphatic heterocycles. The minimum atomic E-state index is 0.776. The van der Waals surface area contributed by atoms with Crippen molar-refractivity contribution >= 4 is 39.3 Å². The van der Waals surface area contributed by atoms with E-state index in [-0.39, 0.29) is 0 Å². The van der Waals surface area contributed by atoms with Gasteiger partial charge in [-0.25, -0.2) is 15.0 Å². The fourth-order valence-corrected chi connectivity index (χ4v) is 3.12. The molecule has 0 fully saturated rings. The van der Waals surface area contributed by atoms with Crippen LogP contribution in [0.5, 0.6) is 0 Å². The van der Waals surface area contributed by atoms with E-state index in [0.29, 0.717) is 0 Å². The maximum absolute atomic E-state index is 4.43. The van der Waals surface area contributed by atoms with Gasteiger partial charge in [-0.3, -0.25) is 0 Å². The van der Waals surface area contributed by atoms with Crippen LogP contribution in [0.2, 0.25) is 0 Å². The minimum absolute atomic E-state index is 0.776. The van der Waals surface area contributed by atoms with Gasteiger partial charge in [-0.2, -0.15) is 0 Å². The number of likely N-dealkylation sites (N-methyl/N-ethyl adjacent to an activating group) is 1. The number of fused-ring (bicyclic) bond motifs is 1. The molecule has 0 saturated carbocycles. The highest BCUT2D eigenvalue weighted by atomic mass is 32.2. The second-order valence-corrected chi connectivity index (χ2v) is 5.90. The van der Waals surface area contributed by atoms with Gasteiger partial charge in [0, 0.05) is 13.6 Å². The van der Waals surface area contributed by atoms with E-state index in [9.17, 15) is 0 Å². The van der Waals surface area contributed by atoms with E-state index in [1.54, 1.807) is 29.4 Å². The molecule has 2 aromatic rings. The van der Waals surface area contributed by atoms with E-state index < -0.39 is 0 Å². The number of thioether (sulfide) groups is 1. The van der Waals surface area contributed by atoms with Crippen molar-refractivity contribution in [3.8, 4) is 0 Å². The van der Waals surface area contributed by atoms with Gasteiger partial charge in [0.15, 0.2) is 15.8 Å². The normalized spacial score (nSPS) is 10.8. The van der Waals surface area contributed by atoms with E-state index >= 15 is 0 Å². The largest absolute Gasteiger partial charge is 0.354 e. The average Bonchev–Trinajstić information content (AvgIpc) is 2.70. The molecule has 0 unspecified atom stereocenters. The van der Waals surface area contributed by atoms with Gasteiger partial charge in [0.25, 0.3) is 0 Å². The Balaban J connectivity index is 2.45. The molecular formula is C11H14N4S2. The van der Waals surface area contributed by atoms with Crippen molar-refractivity contribution in [2.75, 3.05) is 24.7 Å². The molecule has 0 aliphatic carbocycles. The molecule has 4 nitrogen and oxygen atoms in total. The highest BCUT2D eigenvalue weighted by Crippen LogP contribution is 2.32. The third-order valence-corrected chi connectivity index (χ3v) is 4.22. The Morgan fingerprint density at radius 2 is 2.29 bits per heavy atom. The Labute approximate surface area is 109 Å². The van der Waals surface area contributed by atoms with Crippen LogP contribution in [-0.4, -0.2) is 34.8 Å². The number of thiazole rings is 1. The van der Waals surface area contributed by atoms with Gasteiger partial charge < -0.3 is 4.90 Å². The molecule has 17 heavy (non-hydrogen) atoms. The van der Waals surface area contributed by atoms with Gasteiger partial charge in [-0.15, -0.1) is 11.3 Å². The lowest BCUT2D eigenvalue weighted by Gasteiger charge is -2.17. The molecule has 2 rings (SSSR count). The van der Waals surface area contributed by atoms with Crippen molar-refractivity contribution in [2.24, 2.45) is 0 Å². The van der Waals surface area contributed by atoms with Crippen LogP contribution >= 0.6 is 23.1 Å². The smallest absolute Gasteiger partial charge is 0.176 e. The Morgan fingerprint density at radius 3 is 2.94 bits per heavy atom. The van der Waals surface area contributed by atoms with Crippen molar-refractivity contribution < 1.29 is 0 Å². The van der Waals surface area contributed by atoms with E-state index in [4.69, 9.17) is 0 Å². The molecule has 0 saturated heterocycles. The SMILES string of the molecule is C=C(C)CN(C)c1ncnc2nc(SC)sc12. The van der Waals surface area contributed by atoms with Gasteiger partial charge in [0.05, 0.1) is 0 Å². The molecule has 2 aromatic heterocycles. The predicted octanol–water partition coefficient (Wildman–Crippen LogP) is 2.82. The minimum Gasteiger partial charge on any atom is -0.354 e. The summed E-state index contributed by atoms with van der Waals surface area (Å²) in [6.07, 6.45) is 3.58. The van der Waals surface area contributed by atoms with Crippen LogP contribution in [0.25, 0.3) is 10.3 Å². The summed E-state index contributed by atoms with van der Waals surface area (Å²) >= 11 is 3.27. The number of anilines is 1. The maximum atomic E-state index is 4.43. The number of aromatic nitrogens is 3. The van der Waals surface area contributed by atoms with Crippen LogP contribution in [0.15, 0.2) is 22.8 Å². The molecule has 0 radical (unpaired) electrons. The highest BCUT2D eigenvalue weighted by Gasteiger charge is 2.13. The molecule has 6 heteroatoms. The zero-order chi connectivity index (χ0) is 12.4. The van der Waals surface area contributed by atoms with Crippen LogP contribution in [0, 0.1) is 0 Å². The molecule has 0 N–H and O–H groups in total. The van der Waals surface area contributed by atoms with Crippen LogP contribution < -0.4 is 4.90 Å². The predicted molar refractivity (Wildman–Crippen MR) is 75.1 cm³/mol. The summed E-state index contributed by atoms with van der Waals surface area (Å²) in [7, 11) is 2.01. The van der Waals surface area contributed by atoms with E-state index in [1.165, 1.54) is 0 Å². The zero-order valence-corrected chi connectivity index (χ0v) is 11.7. The topological polar surface area (TPSA) is 41.9 Å². The second kappa shape index (κ2) is 5.01. The third-order valence-electron chi connectivity index (χ3n) is 2.20. The van der Waals surface area contributed by atoms with Gasteiger partial charge in [0.2, 0.25) is 0 Å². The van der Waals surface area contributed by atoms with Crippen molar-refractivity contribution in [2.45, 2.75) is 11.3 Å². The fourth-order valence-electron chi connectivity index (χ4n) is 1.56. The van der Waals surface area contributed by atoms with Crippen LogP contribution in [-0.2, 0) is 0 Å². The third kappa shape index (κ3) is 2.58. The maximum Gasteiger partial charge on any atom is 0.176 e. The van der Waals surface area contributed by atoms with Crippen molar-refractivity contribution in [3.05, 3.63) is 18.5 Å². The standard InChI is InChI=1S/C11H14N4S2/c1-7(2)5-15(3)10-8-9(12-6-13-10)14-11(16-4)17-8/h6H,1,5H2,2-4H3. The van der Waals surface area contributed by atoms with Crippen LogP contribution in [0.1, 0.15) is 6.92 Å². The lowest BCUT2D eigenvalue weighted by atomic mass is 10.3. The fraction of sp³-hybridized carbons (Fsp3) is 0.364. The molecule has 0 aliphatic rings. The first kappa shape index (κ1) is 12.3. The zero-order valence-electron chi connectivity index (χ0n) is 10.1. The molecule has 90 valence electrons. The Morgan fingerprint density at radius 1 is 1.53 bits per heavy atom. The number of rotatable bonds is 4. The average molecular weight is 266 g/mol. The molecule has 0 spiro atoms. The van der Waals surface area contributed by atoms with Crippen molar-refractivity contribution in [3.63, 3.8) is 0 Å². The van der Waals surface area contributed by atoms with Gasteiger partial charge >= 0.3 is 0 Å². The van der Waals surface area contributed by atoms with E-state index in [2.05, 4.69) is 26.4 Å². The Hall–Kier alpha value is -1.14. The molecule has 0 amide bonds. The highest BCUT2D eigenvalue weighted by molar-refractivity contribution is 8.00. The summed E-state index contributed by atoms with van der Waals surface area (Å²) in [6.45, 7) is 6.72. The Kier molecular flexibility index (Phi) is 3.63. The molecule has 0 bridgehead atoms. The van der Waals surface area contributed by atoms with E-state index in [0.717, 1.165) is 32.6 Å². The summed E-state index contributed by atoms with van der Waals surface area (Å²) in [5.74, 6) is 0.927. The first-order valence-electron chi connectivity index (χ1n) is 5.13. The summed E-state index contributed by atoms with van der Waals surface area (Å²) in [5, 5.41) is 0. The molecule has 0 aromatic carbocycles. The second-order valence-electron chi connectivity index (χ2n) is 3.85. The van der Waals surface area contributed by atoms with Gasteiger partial charge in [-0.1, -0.05) is 23.9 Å². The van der Waals surface area contributed by atoms with Crippen molar-refractivity contribution in [1.82, 2.24) is 15.0 Å². The van der Waals surface area contributed by atoms with E-state index in [1.807, 2.05) is 20.2 Å². The lowest BCUT2D eigenvalue weighted by Crippen LogP contribution is -2.20. The van der Waals surface area contributed by atoms with Crippen LogP contribution in [0.4, 0.5) is 5.82 Å². The van der Waals surface area contributed by atoms with Crippen molar-refractivity contribution in [1.29, 1.82) is 0 Å². The summed E-state index contributed by atoms with van der Waals surface area (Å²) in [4.78, 5) is 15.1. The quantitative estimate of drug-likeness (QED) is 0.629. The number of hydrogen-bond donors (Lipinski definition) is 0. The van der Waals surface area contributed by atoms with Crippen LogP contribution in [0.3, 0.4) is 0 Å². The summed E-state index contributed by atoms with van der Waals surface area (Å²) in [6, 6.07) is 0. The molecule has 2 heterocycles. The first-order valence-corrected chi connectivity index (χ1v) is 7.17.